The molecule has 152 valence electrons. The number of fused-ring (bicyclic) bond motifs is 1. The molecule has 0 bridgehead atoms. The second-order valence-electron chi connectivity index (χ2n) is 6.08. The lowest BCUT2D eigenvalue weighted by atomic mass is 10.1. The summed E-state index contributed by atoms with van der Waals surface area (Å²) in [6.45, 7) is 1.63. The van der Waals surface area contributed by atoms with Gasteiger partial charge in [0.1, 0.15) is 6.61 Å². The average Bonchev–Trinajstić information content (AvgIpc) is 3.13. The molecule has 0 amide bonds. The number of nitrogens with zero attached hydrogens (tertiary/aromatic N) is 3. The van der Waals surface area contributed by atoms with Crippen LogP contribution in [0.5, 0.6) is 11.5 Å². The Kier molecular flexibility index (Phi) is 6.23. The van der Waals surface area contributed by atoms with Gasteiger partial charge in [-0.3, -0.25) is 14.4 Å². The number of ether oxygens (including phenoxy) is 3. The van der Waals surface area contributed by atoms with Crippen molar-refractivity contribution in [1.29, 1.82) is 0 Å². The fourth-order valence-electron chi connectivity index (χ4n) is 2.60. The molecule has 0 aliphatic rings. The summed E-state index contributed by atoms with van der Waals surface area (Å²) >= 11 is 1.17. The lowest BCUT2D eigenvalue weighted by Gasteiger charge is -2.09. The summed E-state index contributed by atoms with van der Waals surface area (Å²) < 4.78 is 16.6. The summed E-state index contributed by atoms with van der Waals surface area (Å²) in [7, 11) is 2.99. The van der Waals surface area contributed by atoms with Gasteiger partial charge in [0.2, 0.25) is 4.96 Å². The van der Waals surface area contributed by atoms with Crippen molar-refractivity contribution in [2.24, 2.45) is 0 Å². The lowest BCUT2D eigenvalue weighted by molar-refractivity contribution is -0.144. The number of carbonyl (C=O) groups is 2. The zero-order chi connectivity index (χ0) is 21.0. The summed E-state index contributed by atoms with van der Waals surface area (Å²) in [5.74, 6) is 0.211. The molecule has 3 rings (SSSR count). The summed E-state index contributed by atoms with van der Waals surface area (Å²) in [5.41, 5.74) is 0.722. The van der Waals surface area contributed by atoms with E-state index in [-0.39, 0.29) is 30.8 Å². The van der Waals surface area contributed by atoms with Gasteiger partial charge in [0, 0.05) is 23.7 Å². The van der Waals surface area contributed by atoms with Crippen molar-refractivity contribution >= 4 is 28.1 Å². The van der Waals surface area contributed by atoms with E-state index in [1.54, 1.807) is 25.1 Å². The van der Waals surface area contributed by atoms with Gasteiger partial charge in [-0.25, -0.2) is 4.98 Å². The molecule has 0 radical (unpaired) electrons. The van der Waals surface area contributed by atoms with Crippen molar-refractivity contribution in [3.8, 4) is 11.5 Å². The molecule has 2 heterocycles. The molecule has 0 spiro atoms. The number of aryl methyl sites for hydroxylation is 1. The maximum absolute atomic E-state index is 12.3. The van der Waals surface area contributed by atoms with Crippen LogP contribution >= 0.6 is 11.3 Å². The molecule has 0 saturated carbocycles. The van der Waals surface area contributed by atoms with Crippen LogP contribution in [0.3, 0.4) is 0 Å². The van der Waals surface area contributed by atoms with E-state index in [2.05, 4.69) is 10.1 Å². The van der Waals surface area contributed by atoms with Gasteiger partial charge < -0.3 is 14.2 Å². The quantitative estimate of drug-likeness (QED) is 0.405. The summed E-state index contributed by atoms with van der Waals surface area (Å²) in [4.78, 5) is 40.8. The Balaban J connectivity index is 1.55. The van der Waals surface area contributed by atoms with Crippen LogP contribution in [0.25, 0.3) is 4.96 Å². The van der Waals surface area contributed by atoms with Crippen LogP contribution in [0.4, 0.5) is 0 Å². The van der Waals surface area contributed by atoms with Gasteiger partial charge >= 0.3 is 5.97 Å². The first-order valence-electron chi connectivity index (χ1n) is 8.68. The average molecular weight is 417 g/mol. The van der Waals surface area contributed by atoms with E-state index in [1.807, 2.05) is 0 Å². The third kappa shape index (κ3) is 4.77. The molecule has 9 nitrogen and oxygen atoms in total. The topological polar surface area (TPSA) is 109 Å². The Morgan fingerprint density at radius 2 is 1.86 bits per heavy atom. The molecule has 0 aliphatic heterocycles. The van der Waals surface area contributed by atoms with E-state index in [0.29, 0.717) is 32.7 Å². The van der Waals surface area contributed by atoms with Crippen LogP contribution in [0, 0.1) is 6.92 Å². The first-order chi connectivity index (χ1) is 13.9. The molecule has 0 atom stereocenters. The maximum Gasteiger partial charge on any atom is 0.306 e. The molecule has 0 fully saturated rings. The number of benzene rings is 1. The third-order valence-electron chi connectivity index (χ3n) is 4.03. The van der Waals surface area contributed by atoms with Crippen LogP contribution in [-0.4, -0.2) is 40.6 Å². The number of Topliss-reactive ketones (excluding diaryl/α,β-unsaturated/α-hetero) is 1. The second-order valence-corrected chi connectivity index (χ2v) is 7.12. The molecule has 10 heteroatoms. The van der Waals surface area contributed by atoms with Gasteiger partial charge in [-0.2, -0.15) is 9.61 Å². The maximum atomic E-state index is 12.3. The predicted molar refractivity (Wildman–Crippen MR) is 105 cm³/mol. The number of rotatable bonds is 8. The van der Waals surface area contributed by atoms with Crippen LogP contribution in [0.2, 0.25) is 0 Å². The Bertz CT molecular complexity index is 1120. The van der Waals surface area contributed by atoms with E-state index in [4.69, 9.17) is 14.2 Å². The largest absolute Gasteiger partial charge is 0.493 e. The SMILES string of the molecule is COc1ccc(C(=O)CCC(=O)OCc2nn3c(=O)cc(C)nc3s2)cc1OC. The van der Waals surface area contributed by atoms with Gasteiger partial charge in [0.15, 0.2) is 22.3 Å². The van der Waals surface area contributed by atoms with Gasteiger partial charge in [0.05, 0.1) is 20.6 Å². The second kappa shape index (κ2) is 8.82. The number of carbonyl (C=O) groups excluding carboxylic acids is 2. The number of ketones is 1. The van der Waals surface area contributed by atoms with E-state index in [9.17, 15) is 14.4 Å². The predicted octanol–water partition coefficient (Wildman–Crippen LogP) is 2.18. The highest BCUT2D eigenvalue weighted by molar-refractivity contribution is 7.16. The monoisotopic (exact) mass is 417 g/mol. The first-order valence-corrected chi connectivity index (χ1v) is 9.50. The summed E-state index contributed by atoms with van der Waals surface area (Å²) in [6, 6.07) is 6.20. The minimum atomic E-state index is -0.533. The number of hydrogen-bond acceptors (Lipinski definition) is 9. The smallest absolute Gasteiger partial charge is 0.306 e. The van der Waals surface area contributed by atoms with Crippen molar-refractivity contribution in [3.63, 3.8) is 0 Å². The van der Waals surface area contributed by atoms with Gasteiger partial charge in [-0.15, -0.1) is 0 Å². The van der Waals surface area contributed by atoms with E-state index < -0.39 is 5.97 Å². The van der Waals surface area contributed by atoms with Crippen molar-refractivity contribution < 1.29 is 23.8 Å². The summed E-state index contributed by atoms with van der Waals surface area (Å²) in [6.07, 6.45) is -0.0796. The van der Waals surface area contributed by atoms with Crippen LogP contribution in [0.1, 0.15) is 33.9 Å². The number of esters is 1. The Labute approximate surface area is 169 Å². The van der Waals surface area contributed by atoms with E-state index in [0.717, 1.165) is 0 Å². The zero-order valence-electron chi connectivity index (χ0n) is 16.1. The zero-order valence-corrected chi connectivity index (χ0v) is 16.9. The molecule has 0 aliphatic carbocycles. The Hall–Kier alpha value is -3.27. The third-order valence-corrected chi connectivity index (χ3v) is 4.92. The van der Waals surface area contributed by atoms with E-state index >= 15 is 0 Å². The molecule has 2 aromatic heterocycles. The lowest BCUT2D eigenvalue weighted by Crippen LogP contribution is -2.14. The Morgan fingerprint density at radius 1 is 1.10 bits per heavy atom. The van der Waals surface area contributed by atoms with Gasteiger partial charge in [0.25, 0.3) is 5.56 Å². The fourth-order valence-corrected chi connectivity index (χ4v) is 3.46. The highest BCUT2D eigenvalue weighted by Crippen LogP contribution is 2.28. The van der Waals surface area contributed by atoms with Crippen molar-refractivity contribution in [3.05, 3.63) is 50.9 Å². The van der Waals surface area contributed by atoms with Gasteiger partial charge in [-0.05, 0) is 25.1 Å². The first kappa shape index (κ1) is 20.5. The number of hydrogen-bond donors (Lipinski definition) is 0. The van der Waals surface area contributed by atoms with Crippen LogP contribution in [-0.2, 0) is 16.1 Å². The molecule has 29 heavy (non-hydrogen) atoms. The molecular weight excluding hydrogens is 398 g/mol. The van der Waals surface area contributed by atoms with Crippen LogP contribution in [0.15, 0.2) is 29.1 Å². The van der Waals surface area contributed by atoms with Crippen molar-refractivity contribution in [1.82, 2.24) is 14.6 Å². The number of methoxy groups -OCH3 is 2. The Morgan fingerprint density at radius 3 is 2.59 bits per heavy atom. The molecule has 3 aromatic rings. The van der Waals surface area contributed by atoms with Crippen LogP contribution < -0.4 is 15.0 Å². The minimum Gasteiger partial charge on any atom is -0.493 e. The molecule has 0 N–H and O–H groups in total. The van der Waals surface area contributed by atoms with Crippen molar-refractivity contribution in [2.45, 2.75) is 26.4 Å². The molecule has 1 aromatic carbocycles. The standard InChI is InChI=1S/C19H19N3O6S/c1-11-8-17(24)22-19(20-11)29-16(21-22)10-28-18(25)7-5-13(23)12-4-6-14(26-2)15(9-12)27-3/h4,6,8-9H,5,7,10H2,1-3H3. The molecule has 0 unspecified atom stereocenters. The van der Waals surface area contributed by atoms with Crippen molar-refractivity contribution in [2.75, 3.05) is 14.2 Å². The minimum absolute atomic E-state index is 0.00559. The van der Waals surface area contributed by atoms with Gasteiger partial charge in [-0.1, -0.05) is 11.3 Å². The van der Waals surface area contributed by atoms with E-state index in [1.165, 1.54) is 36.1 Å². The molecular formula is C19H19N3O6S. The fraction of sp³-hybridized carbons (Fsp3) is 0.316. The molecule has 0 saturated heterocycles. The number of aromatic nitrogens is 3. The summed E-state index contributed by atoms with van der Waals surface area (Å²) in [5, 5.41) is 4.54. The normalized spacial score (nSPS) is 10.7. The highest BCUT2D eigenvalue weighted by Gasteiger charge is 2.14. The highest BCUT2D eigenvalue weighted by atomic mass is 32.1.